The van der Waals surface area contributed by atoms with E-state index < -0.39 is 16.1 Å². The van der Waals surface area contributed by atoms with Gasteiger partial charge in [-0.25, -0.2) is 8.42 Å². The third-order valence-electron chi connectivity index (χ3n) is 4.79. The van der Waals surface area contributed by atoms with Crippen LogP contribution in [0, 0.1) is 13.8 Å². The molecule has 1 atom stereocenters. The highest BCUT2D eigenvalue weighted by molar-refractivity contribution is 7.92. The van der Waals surface area contributed by atoms with Gasteiger partial charge in [-0.2, -0.15) is 0 Å². The molecule has 0 saturated carbocycles. The molecule has 8 heteroatoms. The van der Waals surface area contributed by atoms with Crippen molar-refractivity contribution < 1.29 is 22.7 Å². The monoisotopic (exact) mass is 434 g/mol. The lowest BCUT2D eigenvalue weighted by molar-refractivity contribution is -0.122. The number of ether oxygens (including phenoxy) is 2. The molecular weight excluding hydrogens is 404 g/mol. The standard InChI is InChI=1S/C22H30N2O5S/c1-6-21(24(30(5,26)27)18-11-10-16(2)17(3)14-18)22(25)23-12-13-29-20-9-7-8-19(15-20)28-4/h7-11,14-15,21H,6,12-13H2,1-5H3,(H,23,25)/t21-/m0/s1. The minimum atomic E-state index is -3.66. The molecule has 0 spiro atoms. The third kappa shape index (κ3) is 6.13. The highest BCUT2D eigenvalue weighted by Gasteiger charge is 2.31. The van der Waals surface area contributed by atoms with E-state index >= 15 is 0 Å². The Labute approximate surface area is 179 Å². The van der Waals surface area contributed by atoms with Gasteiger partial charge in [-0.15, -0.1) is 0 Å². The van der Waals surface area contributed by atoms with E-state index in [9.17, 15) is 13.2 Å². The first kappa shape index (κ1) is 23.5. The van der Waals surface area contributed by atoms with Gasteiger partial charge in [0.2, 0.25) is 15.9 Å². The molecule has 0 saturated heterocycles. The number of aryl methyl sites for hydroxylation is 2. The van der Waals surface area contributed by atoms with Gasteiger partial charge in [-0.3, -0.25) is 9.10 Å². The molecule has 0 aromatic heterocycles. The van der Waals surface area contributed by atoms with Crippen LogP contribution in [0.5, 0.6) is 11.5 Å². The molecule has 2 aromatic rings. The minimum Gasteiger partial charge on any atom is -0.497 e. The van der Waals surface area contributed by atoms with Gasteiger partial charge in [-0.05, 0) is 55.7 Å². The van der Waals surface area contributed by atoms with E-state index in [1.54, 1.807) is 38.3 Å². The number of benzene rings is 2. The average molecular weight is 435 g/mol. The van der Waals surface area contributed by atoms with Crippen molar-refractivity contribution >= 4 is 21.6 Å². The van der Waals surface area contributed by atoms with Crippen LogP contribution in [0.2, 0.25) is 0 Å². The van der Waals surface area contributed by atoms with Crippen LogP contribution in [0.3, 0.4) is 0 Å². The maximum atomic E-state index is 12.8. The van der Waals surface area contributed by atoms with Crippen LogP contribution >= 0.6 is 0 Å². The summed E-state index contributed by atoms with van der Waals surface area (Å²) in [6.07, 6.45) is 1.45. The summed E-state index contributed by atoms with van der Waals surface area (Å²) in [5.41, 5.74) is 2.50. The molecule has 2 rings (SSSR count). The van der Waals surface area contributed by atoms with Crippen molar-refractivity contribution in [3.63, 3.8) is 0 Å². The van der Waals surface area contributed by atoms with Crippen LogP contribution in [-0.4, -0.2) is 46.9 Å². The summed E-state index contributed by atoms with van der Waals surface area (Å²) in [6.45, 7) is 6.15. The lowest BCUT2D eigenvalue weighted by atomic mass is 10.1. The molecule has 0 aliphatic heterocycles. The molecule has 164 valence electrons. The van der Waals surface area contributed by atoms with E-state index in [1.807, 2.05) is 32.0 Å². The topological polar surface area (TPSA) is 84.9 Å². The van der Waals surface area contributed by atoms with Gasteiger partial charge in [0.05, 0.1) is 25.6 Å². The molecule has 1 N–H and O–H groups in total. The molecular formula is C22H30N2O5S. The Balaban J connectivity index is 2.07. The second kappa shape index (κ2) is 10.3. The summed E-state index contributed by atoms with van der Waals surface area (Å²) >= 11 is 0. The first-order valence-electron chi connectivity index (χ1n) is 9.78. The molecule has 0 bridgehead atoms. The van der Waals surface area contributed by atoms with E-state index in [0.29, 0.717) is 23.6 Å². The van der Waals surface area contributed by atoms with Gasteiger partial charge in [-0.1, -0.05) is 19.1 Å². The van der Waals surface area contributed by atoms with E-state index in [1.165, 1.54) is 4.31 Å². The quantitative estimate of drug-likeness (QED) is 0.581. The lowest BCUT2D eigenvalue weighted by Gasteiger charge is -2.30. The first-order valence-corrected chi connectivity index (χ1v) is 11.6. The number of rotatable bonds is 10. The van der Waals surface area contributed by atoms with Crippen LogP contribution in [0.15, 0.2) is 42.5 Å². The molecule has 30 heavy (non-hydrogen) atoms. The van der Waals surface area contributed by atoms with Crippen molar-refractivity contribution in [1.82, 2.24) is 5.32 Å². The Morgan fingerprint density at radius 1 is 1.10 bits per heavy atom. The fraction of sp³-hybridized carbons (Fsp3) is 0.409. The maximum absolute atomic E-state index is 12.8. The van der Waals surface area contributed by atoms with E-state index in [2.05, 4.69) is 5.32 Å². The summed E-state index contributed by atoms with van der Waals surface area (Å²) in [7, 11) is -2.08. The normalized spacial score (nSPS) is 12.2. The molecule has 0 aliphatic rings. The molecule has 2 aromatic carbocycles. The van der Waals surface area contributed by atoms with Crippen LogP contribution in [0.25, 0.3) is 0 Å². The van der Waals surface area contributed by atoms with Crippen LogP contribution in [-0.2, 0) is 14.8 Å². The Morgan fingerprint density at radius 2 is 1.80 bits per heavy atom. The minimum absolute atomic E-state index is 0.247. The lowest BCUT2D eigenvalue weighted by Crippen LogP contribution is -2.50. The summed E-state index contributed by atoms with van der Waals surface area (Å²) < 4.78 is 37.0. The van der Waals surface area contributed by atoms with Crippen LogP contribution < -0.4 is 19.1 Å². The summed E-state index contributed by atoms with van der Waals surface area (Å²) in [4.78, 5) is 12.8. The molecule has 0 unspecified atom stereocenters. The first-order chi connectivity index (χ1) is 14.2. The van der Waals surface area contributed by atoms with E-state index in [0.717, 1.165) is 17.4 Å². The van der Waals surface area contributed by atoms with Crippen LogP contribution in [0.1, 0.15) is 24.5 Å². The predicted octanol–water partition coefficient (Wildman–Crippen LogP) is 3.05. The number of hydrogen-bond acceptors (Lipinski definition) is 5. The van der Waals surface area contributed by atoms with Gasteiger partial charge >= 0.3 is 0 Å². The van der Waals surface area contributed by atoms with Crippen molar-refractivity contribution in [3.05, 3.63) is 53.6 Å². The van der Waals surface area contributed by atoms with E-state index in [-0.39, 0.29) is 19.1 Å². The highest BCUT2D eigenvalue weighted by Crippen LogP contribution is 2.25. The number of sulfonamides is 1. The van der Waals surface area contributed by atoms with Crippen molar-refractivity contribution in [2.45, 2.75) is 33.2 Å². The molecule has 0 aliphatic carbocycles. The average Bonchev–Trinajstić information content (AvgIpc) is 2.70. The number of amides is 1. The molecule has 7 nitrogen and oxygen atoms in total. The number of anilines is 1. The predicted molar refractivity (Wildman–Crippen MR) is 119 cm³/mol. The number of nitrogens with zero attached hydrogens (tertiary/aromatic N) is 1. The number of nitrogens with one attached hydrogen (secondary N) is 1. The molecule has 0 heterocycles. The van der Waals surface area contributed by atoms with Gasteiger partial charge < -0.3 is 14.8 Å². The van der Waals surface area contributed by atoms with Crippen LogP contribution in [0.4, 0.5) is 5.69 Å². The fourth-order valence-corrected chi connectivity index (χ4v) is 4.28. The summed E-state index contributed by atoms with van der Waals surface area (Å²) in [5.74, 6) is 0.943. The number of hydrogen-bond donors (Lipinski definition) is 1. The van der Waals surface area contributed by atoms with E-state index in [4.69, 9.17) is 9.47 Å². The SMILES string of the molecule is CC[C@@H](C(=O)NCCOc1cccc(OC)c1)N(c1ccc(C)c(C)c1)S(C)(=O)=O. The number of methoxy groups -OCH3 is 1. The molecule has 0 fully saturated rings. The number of carbonyl (C=O) groups is 1. The summed E-state index contributed by atoms with van der Waals surface area (Å²) in [5, 5.41) is 2.78. The molecule has 0 radical (unpaired) electrons. The summed E-state index contributed by atoms with van der Waals surface area (Å²) in [6, 6.07) is 11.7. The van der Waals surface area contributed by atoms with Crippen molar-refractivity contribution in [1.29, 1.82) is 0 Å². The van der Waals surface area contributed by atoms with Gasteiger partial charge in [0.25, 0.3) is 0 Å². The Morgan fingerprint density at radius 3 is 2.40 bits per heavy atom. The van der Waals surface area contributed by atoms with Crippen molar-refractivity contribution in [3.8, 4) is 11.5 Å². The fourth-order valence-electron chi connectivity index (χ4n) is 3.07. The van der Waals surface area contributed by atoms with Gasteiger partial charge in [0, 0.05) is 6.07 Å². The zero-order valence-electron chi connectivity index (χ0n) is 18.1. The maximum Gasteiger partial charge on any atom is 0.244 e. The second-order valence-corrected chi connectivity index (χ2v) is 8.93. The Kier molecular flexibility index (Phi) is 8.11. The van der Waals surface area contributed by atoms with Crippen molar-refractivity contribution in [2.75, 3.05) is 30.8 Å². The highest BCUT2D eigenvalue weighted by atomic mass is 32.2. The van der Waals surface area contributed by atoms with Gasteiger partial charge in [0.15, 0.2) is 0 Å². The zero-order chi connectivity index (χ0) is 22.3. The Bertz CT molecular complexity index is 975. The number of carbonyl (C=O) groups excluding carboxylic acids is 1. The smallest absolute Gasteiger partial charge is 0.244 e. The largest absolute Gasteiger partial charge is 0.497 e. The molecule has 1 amide bonds. The Hall–Kier alpha value is -2.74. The van der Waals surface area contributed by atoms with Crippen molar-refractivity contribution in [2.24, 2.45) is 0 Å². The van der Waals surface area contributed by atoms with Gasteiger partial charge in [0.1, 0.15) is 24.1 Å². The second-order valence-electron chi connectivity index (χ2n) is 7.07. The third-order valence-corrected chi connectivity index (χ3v) is 5.97. The zero-order valence-corrected chi connectivity index (χ0v) is 19.0.